The number of hydrogen-bond donors (Lipinski definition) is 2. The molecule has 1 aromatic carbocycles. The SMILES string of the molecule is Cc1ccc(S(=O)(=O)OC[C@H](C)[C@H](O)[C@@H](C)CO)cc1. The lowest BCUT2D eigenvalue weighted by atomic mass is 9.95. The zero-order chi connectivity index (χ0) is 15.3. The summed E-state index contributed by atoms with van der Waals surface area (Å²) in [4.78, 5) is 0.0972. The van der Waals surface area contributed by atoms with Crippen molar-refractivity contribution in [3.05, 3.63) is 29.8 Å². The summed E-state index contributed by atoms with van der Waals surface area (Å²) < 4.78 is 28.9. The Hall–Kier alpha value is -0.950. The lowest BCUT2D eigenvalue weighted by Gasteiger charge is -2.23. The van der Waals surface area contributed by atoms with E-state index in [1.165, 1.54) is 12.1 Å². The highest BCUT2D eigenvalue weighted by Gasteiger charge is 2.24. The molecule has 2 N–H and O–H groups in total. The van der Waals surface area contributed by atoms with Gasteiger partial charge in [0.05, 0.1) is 17.6 Å². The second kappa shape index (κ2) is 7.17. The minimum Gasteiger partial charge on any atom is -0.396 e. The molecule has 5 nitrogen and oxygen atoms in total. The molecule has 0 aliphatic carbocycles. The summed E-state index contributed by atoms with van der Waals surface area (Å²) in [5, 5.41) is 18.8. The maximum Gasteiger partial charge on any atom is 0.296 e. The van der Waals surface area contributed by atoms with Crippen LogP contribution in [0.5, 0.6) is 0 Å². The quantitative estimate of drug-likeness (QED) is 0.742. The summed E-state index contributed by atoms with van der Waals surface area (Å²) in [5.74, 6) is -0.715. The van der Waals surface area contributed by atoms with E-state index in [1.807, 2.05) is 6.92 Å². The van der Waals surface area contributed by atoms with E-state index in [-0.39, 0.29) is 24.0 Å². The molecule has 0 spiro atoms. The minimum absolute atomic E-state index is 0.0972. The van der Waals surface area contributed by atoms with Crippen LogP contribution in [0.15, 0.2) is 29.2 Å². The van der Waals surface area contributed by atoms with E-state index in [4.69, 9.17) is 9.29 Å². The molecule has 0 heterocycles. The zero-order valence-corrected chi connectivity index (χ0v) is 12.8. The van der Waals surface area contributed by atoms with Gasteiger partial charge in [-0.2, -0.15) is 8.42 Å². The monoisotopic (exact) mass is 302 g/mol. The first-order chi connectivity index (χ1) is 9.27. The first-order valence-electron chi connectivity index (χ1n) is 6.53. The van der Waals surface area contributed by atoms with Crippen LogP contribution in [0.2, 0.25) is 0 Å². The van der Waals surface area contributed by atoms with Gasteiger partial charge in [-0.15, -0.1) is 0 Å². The minimum atomic E-state index is -3.81. The molecule has 0 bridgehead atoms. The number of rotatable bonds is 7. The van der Waals surface area contributed by atoms with Crippen molar-refractivity contribution in [1.82, 2.24) is 0 Å². The van der Waals surface area contributed by atoms with Gasteiger partial charge >= 0.3 is 0 Å². The fourth-order valence-electron chi connectivity index (χ4n) is 1.74. The molecule has 1 rings (SSSR count). The van der Waals surface area contributed by atoms with Crippen molar-refractivity contribution in [2.45, 2.75) is 31.8 Å². The van der Waals surface area contributed by atoms with Crippen molar-refractivity contribution < 1.29 is 22.8 Å². The molecule has 0 amide bonds. The summed E-state index contributed by atoms with van der Waals surface area (Å²) in [6.07, 6.45) is -0.812. The largest absolute Gasteiger partial charge is 0.396 e. The second-order valence-electron chi connectivity index (χ2n) is 5.18. The maximum atomic E-state index is 12.0. The van der Waals surface area contributed by atoms with Gasteiger partial charge in [0, 0.05) is 18.4 Å². The first kappa shape index (κ1) is 17.1. The fraction of sp³-hybridized carbons (Fsp3) is 0.571. The van der Waals surface area contributed by atoms with Gasteiger partial charge in [0.2, 0.25) is 0 Å². The number of aryl methyl sites for hydroxylation is 1. The van der Waals surface area contributed by atoms with Gasteiger partial charge in [0.15, 0.2) is 0 Å². The smallest absolute Gasteiger partial charge is 0.296 e. The van der Waals surface area contributed by atoms with E-state index < -0.39 is 22.1 Å². The van der Waals surface area contributed by atoms with E-state index in [0.717, 1.165) is 5.56 Å². The molecule has 0 saturated heterocycles. The molecule has 0 aliphatic heterocycles. The summed E-state index contributed by atoms with van der Waals surface area (Å²) in [7, 11) is -3.81. The Kier molecular flexibility index (Phi) is 6.13. The van der Waals surface area contributed by atoms with Crippen LogP contribution in [0.4, 0.5) is 0 Å². The van der Waals surface area contributed by atoms with E-state index in [2.05, 4.69) is 0 Å². The molecule has 114 valence electrons. The van der Waals surface area contributed by atoms with Crippen LogP contribution < -0.4 is 0 Å². The number of aliphatic hydroxyl groups excluding tert-OH is 2. The van der Waals surface area contributed by atoms with Crippen molar-refractivity contribution in [3.63, 3.8) is 0 Å². The van der Waals surface area contributed by atoms with Gasteiger partial charge in [-0.25, -0.2) is 0 Å². The van der Waals surface area contributed by atoms with Crippen LogP contribution >= 0.6 is 0 Å². The number of aliphatic hydroxyl groups is 2. The average molecular weight is 302 g/mol. The Morgan fingerprint density at radius 1 is 1.15 bits per heavy atom. The van der Waals surface area contributed by atoms with Crippen molar-refractivity contribution in [3.8, 4) is 0 Å². The molecule has 0 aromatic heterocycles. The van der Waals surface area contributed by atoms with Gasteiger partial charge in [-0.05, 0) is 19.1 Å². The van der Waals surface area contributed by atoms with Gasteiger partial charge in [-0.1, -0.05) is 31.5 Å². The van der Waals surface area contributed by atoms with Crippen molar-refractivity contribution in [1.29, 1.82) is 0 Å². The lowest BCUT2D eigenvalue weighted by Crippen LogP contribution is -2.31. The third-order valence-electron chi connectivity index (χ3n) is 3.25. The standard InChI is InChI=1S/C14H22O5S/c1-10-4-6-13(7-5-10)20(17,18)19-9-12(3)14(16)11(2)8-15/h4-7,11-12,14-16H,8-9H2,1-3H3/t11-,12-,14+/m0/s1. The summed E-state index contributed by atoms with van der Waals surface area (Å²) in [6, 6.07) is 6.37. The van der Waals surface area contributed by atoms with Gasteiger partial charge in [0.25, 0.3) is 10.1 Å². The summed E-state index contributed by atoms with van der Waals surface area (Å²) in [5.41, 5.74) is 0.963. The topological polar surface area (TPSA) is 83.8 Å². The Bertz CT molecular complexity index is 509. The van der Waals surface area contributed by atoms with E-state index in [9.17, 15) is 13.5 Å². The Labute approximate surface area is 120 Å². The van der Waals surface area contributed by atoms with Gasteiger partial charge < -0.3 is 10.2 Å². The van der Waals surface area contributed by atoms with Crippen LogP contribution in [-0.4, -0.2) is 37.9 Å². The number of benzene rings is 1. The second-order valence-corrected chi connectivity index (χ2v) is 6.79. The zero-order valence-electron chi connectivity index (χ0n) is 12.0. The summed E-state index contributed by atoms with van der Waals surface area (Å²) in [6.45, 7) is 4.96. The molecule has 0 fully saturated rings. The van der Waals surface area contributed by atoms with Crippen molar-refractivity contribution in [2.24, 2.45) is 11.8 Å². The van der Waals surface area contributed by atoms with E-state index >= 15 is 0 Å². The van der Waals surface area contributed by atoms with Crippen LogP contribution in [0.3, 0.4) is 0 Å². The summed E-state index contributed by atoms with van der Waals surface area (Å²) >= 11 is 0. The van der Waals surface area contributed by atoms with Crippen LogP contribution in [-0.2, 0) is 14.3 Å². The molecule has 0 aliphatic rings. The normalized spacial score (nSPS) is 16.6. The first-order valence-corrected chi connectivity index (χ1v) is 7.93. The molecule has 6 heteroatoms. The predicted molar refractivity (Wildman–Crippen MR) is 75.7 cm³/mol. The molecular formula is C14H22O5S. The average Bonchev–Trinajstić information content (AvgIpc) is 2.43. The highest BCUT2D eigenvalue weighted by molar-refractivity contribution is 7.86. The molecular weight excluding hydrogens is 280 g/mol. The Morgan fingerprint density at radius 3 is 2.20 bits per heavy atom. The third-order valence-corrected chi connectivity index (χ3v) is 4.55. The maximum absolute atomic E-state index is 12.0. The molecule has 0 saturated carbocycles. The lowest BCUT2D eigenvalue weighted by molar-refractivity contribution is 0.0210. The van der Waals surface area contributed by atoms with Gasteiger partial charge in [-0.3, -0.25) is 4.18 Å². The molecule has 3 atom stereocenters. The molecule has 20 heavy (non-hydrogen) atoms. The van der Waals surface area contributed by atoms with Crippen LogP contribution in [0.25, 0.3) is 0 Å². The Morgan fingerprint density at radius 2 is 1.70 bits per heavy atom. The predicted octanol–water partition coefficient (Wildman–Crippen LogP) is 1.33. The molecule has 1 aromatic rings. The van der Waals surface area contributed by atoms with E-state index in [0.29, 0.717) is 0 Å². The highest BCUT2D eigenvalue weighted by atomic mass is 32.2. The number of hydrogen-bond acceptors (Lipinski definition) is 5. The van der Waals surface area contributed by atoms with Crippen LogP contribution in [0, 0.1) is 18.8 Å². The fourth-order valence-corrected chi connectivity index (χ4v) is 2.74. The van der Waals surface area contributed by atoms with Gasteiger partial charge in [0.1, 0.15) is 0 Å². The molecule has 0 radical (unpaired) electrons. The van der Waals surface area contributed by atoms with E-state index in [1.54, 1.807) is 26.0 Å². The highest BCUT2D eigenvalue weighted by Crippen LogP contribution is 2.17. The van der Waals surface area contributed by atoms with Crippen molar-refractivity contribution >= 4 is 10.1 Å². The van der Waals surface area contributed by atoms with Crippen LogP contribution in [0.1, 0.15) is 19.4 Å². The Balaban J connectivity index is 2.66. The third kappa shape index (κ3) is 4.56. The van der Waals surface area contributed by atoms with Crippen molar-refractivity contribution in [2.75, 3.05) is 13.2 Å². The molecule has 0 unspecified atom stereocenters.